The van der Waals surface area contributed by atoms with Gasteiger partial charge < -0.3 is 10.6 Å². The summed E-state index contributed by atoms with van der Waals surface area (Å²) in [5, 5.41) is 0. The number of nitrogens with two attached hydrogens (primary N) is 1. The maximum Gasteiger partial charge on any atom is 0.0599 e. The standard InChI is InChI=1S/C16H24N2/c17-14-6-2-3-7-15(14)18-12-10-16(11-13-18)8-4-1-5-9-16/h2-3,6-7H,1,4-5,8-13,17H2. The molecule has 3 rings (SSSR count). The maximum absolute atomic E-state index is 6.08. The van der Waals surface area contributed by atoms with E-state index in [1.807, 2.05) is 12.1 Å². The second-order valence-corrected chi connectivity index (χ2v) is 6.11. The Kier molecular flexibility index (Phi) is 3.19. The highest BCUT2D eigenvalue weighted by Crippen LogP contribution is 2.45. The van der Waals surface area contributed by atoms with Gasteiger partial charge in [-0.25, -0.2) is 0 Å². The Morgan fingerprint density at radius 2 is 1.56 bits per heavy atom. The van der Waals surface area contributed by atoms with E-state index in [9.17, 15) is 0 Å². The molecule has 0 atom stereocenters. The second kappa shape index (κ2) is 4.83. The predicted octanol–water partition coefficient (Wildman–Crippen LogP) is 3.82. The summed E-state index contributed by atoms with van der Waals surface area (Å²) in [7, 11) is 0. The van der Waals surface area contributed by atoms with Crippen molar-refractivity contribution in [1.29, 1.82) is 0 Å². The monoisotopic (exact) mass is 244 g/mol. The average molecular weight is 244 g/mol. The lowest BCUT2D eigenvalue weighted by molar-refractivity contribution is 0.144. The summed E-state index contributed by atoms with van der Waals surface area (Å²) in [6.45, 7) is 2.38. The Morgan fingerprint density at radius 1 is 0.889 bits per heavy atom. The van der Waals surface area contributed by atoms with Crippen LogP contribution in [-0.2, 0) is 0 Å². The molecule has 1 heterocycles. The van der Waals surface area contributed by atoms with E-state index in [-0.39, 0.29) is 0 Å². The van der Waals surface area contributed by atoms with Gasteiger partial charge in [0.25, 0.3) is 0 Å². The van der Waals surface area contributed by atoms with E-state index in [1.165, 1.54) is 63.7 Å². The van der Waals surface area contributed by atoms with E-state index >= 15 is 0 Å². The zero-order valence-electron chi connectivity index (χ0n) is 11.2. The van der Waals surface area contributed by atoms with Crippen molar-refractivity contribution < 1.29 is 0 Å². The van der Waals surface area contributed by atoms with Crippen molar-refractivity contribution in [2.75, 3.05) is 23.7 Å². The highest BCUT2D eigenvalue weighted by molar-refractivity contribution is 5.67. The Bertz CT molecular complexity index is 397. The normalized spacial score (nSPS) is 23.2. The lowest BCUT2D eigenvalue weighted by Gasteiger charge is -2.45. The Balaban J connectivity index is 1.68. The smallest absolute Gasteiger partial charge is 0.0599 e. The largest absolute Gasteiger partial charge is 0.397 e. The molecule has 2 heteroatoms. The zero-order chi connectivity index (χ0) is 12.4. The lowest BCUT2D eigenvalue weighted by atomic mass is 9.68. The van der Waals surface area contributed by atoms with Crippen LogP contribution in [0.3, 0.4) is 0 Å². The molecule has 18 heavy (non-hydrogen) atoms. The molecule has 2 aliphatic rings. The molecule has 0 aromatic heterocycles. The number of nitrogen functional groups attached to an aromatic ring is 1. The molecule has 1 spiro atoms. The van der Waals surface area contributed by atoms with Gasteiger partial charge in [0.05, 0.1) is 11.4 Å². The third-order valence-electron chi connectivity index (χ3n) is 5.02. The van der Waals surface area contributed by atoms with Crippen LogP contribution in [-0.4, -0.2) is 13.1 Å². The molecule has 1 saturated heterocycles. The third kappa shape index (κ3) is 2.21. The molecule has 0 bridgehead atoms. The summed E-state index contributed by atoms with van der Waals surface area (Å²) < 4.78 is 0. The number of hydrogen-bond donors (Lipinski definition) is 1. The van der Waals surface area contributed by atoms with Crippen LogP contribution in [0.4, 0.5) is 11.4 Å². The molecule has 2 N–H and O–H groups in total. The van der Waals surface area contributed by atoms with E-state index in [1.54, 1.807) is 0 Å². The molecule has 0 unspecified atom stereocenters. The average Bonchev–Trinajstić information content (AvgIpc) is 2.42. The molecular formula is C16H24N2. The zero-order valence-corrected chi connectivity index (χ0v) is 11.2. The fraction of sp³-hybridized carbons (Fsp3) is 0.625. The number of hydrogen-bond acceptors (Lipinski definition) is 2. The van der Waals surface area contributed by atoms with Gasteiger partial charge in [-0.3, -0.25) is 0 Å². The van der Waals surface area contributed by atoms with Crippen LogP contribution in [0.5, 0.6) is 0 Å². The minimum absolute atomic E-state index is 0.679. The summed E-state index contributed by atoms with van der Waals surface area (Å²) in [5.74, 6) is 0. The molecule has 0 radical (unpaired) electrons. The molecule has 2 fully saturated rings. The number of piperidine rings is 1. The van der Waals surface area contributed by atoms with E-state index < -0.39 is 0 Å². The predicted molar refractivity (Wildman–Crippen MR) is 77.8 cm³/mol. The second-order valence-electron chi connectivity index (χ2n) is 6.11. The van der Waals surface area contributed by atoms with Gasteiger partial charge in [0.1, 0.15) is 0 Å². The molecule has 0 amide bonds. The first-order valence-corrected chi connectivity index (χ1v) is 7.39. The fourth-order valence-corrected chi connectivity index (χ4v) is 3.80. The Morgan fingerprint density at radius 3 is 2.22 bits per heavy atom. The number of nitrogens with zero attached hydrogens (tertiary/aromatic N) is 1. The molecule has 2 nitrogen and oxygen atoms in total. The van der Waals surface area contributed by atoms with Crippen molar-refractivity contribution in [3.05, 3.63) is 24.3 Å². The van der Waals surface area contributed by atoms with Crippen LogP contribution in [0.25, 0.3) is 0 Å². The van der Waals surface area contributed by atoms with Crippen molar-refractivity contribution in [3.63, 3.8) is 0 Å². The first-order chi connectivity index (χ1) is 8.79. The van der Waals surface area contributed by atoms with E-state index in [2.05, 4.69) is 17.0 Å². The van der Waals surface area contributed by atoms with Crippen molar-refractivity contribution in [3.8, 4) is 0 Å². The van der Waals surface area contributed by atoms with Gasteiger partial charge in [0.15, 0.2) is 0 Å². The lowest BCUT2D eigenvalue weighted by Crippen LogP contribution is -2.41. The summed E-state index contributed by atoms with van der Waals surface area (Å²) in [5.41, 5.74) is 8.93. The highest BCUT2D eigenvalue weighted by Gasteiger charge is 2.35. The minimum Gasteiger partial charge on any atom is -0.397 e. The van der Waals surface area contributed by atoms with Crippen LogP contribution in [0.2, 0.25) is 0 Å². The molecule has 1 aliphatic carbocycles. The summed E-state index contributed by atoms with van der Waals surface area (Å²) in [6.07, 6.45) is 10.0. The van der Waals surface area contributed by atoms with E-state index in [0.717, 1.165) is 5.69 Å². The Hall–Kier alpha value is -1.18. The molecule has 1 aliphatic heterocycles. The van der Waals surface area contributed by atoms with Crippen molar-refractivity contribution in [2.24, 2.45) is 5.41 Å². The van der Waals surface area contributed by atoms with Crippen molar-refractivity contribution >= 4 is 11.4 Å². The summed E-state index contributed by atoms with van der Waals surface area (Å²) >= 11 is 0. The van der Waals surface area contributed by atoms with E-state index in [0.29, 0.717) is 5.41 Å². The summed E-state index contributed by atoms with van der Waals surface area (Å²) in [4.78, 5) is 2.48. The van der Waals surface area contributed by atoms with E-state index in [4.69, 9.17) is 5.73 Å². The van der Waals surface area contributed by atoms with Gasteiger partial charge in [-0.2, -0.15) is 0 Å². The van der Waals surface area contributed by atoms with Gasteiger partial charge in [-0.05, 0) is 43.2 Å². The van der Waals surface area contributed by atoms with Gasteiger partial charge in [-0.15, -0.1) is 0 Å². The first kappa shape index (κ1) is 11.9. The fourth-order valence-electron chi connectivity index (χ4n) is 3.80. The molecule has 1 aromatic rings. The Labute approximate surface area is 110 Å². The molecule has 1 aromatic carbocycles. The first-order valence-electron chi connectivity index (χ1n) is 7.39. The van der Waals surface area contributed by atoms with Gasteiger partial charge in [0, 0.05) is 13.1 Å². The third-order valence-corrected chi connectivity index (χ3v) is 5.02. The van der Waals surface area contributed by atoms with Gasteiger partial charge >= 0.3 is 0 Å². The van der Waals surface area contributed by atoms with Crippen molar-refractivity contribution in [2.45, 2.75) is 44.9 Å². The van der Waals surface area contributed by atoms with Crippen molar-refractivity contribution in [1.82, 2.24) is 0 Å². The molecular weight excluding hydrogens is 220 g/mol. The van der Waals surface area contributed by atoms with Crippen LogP contribution in [0, 0.1) is 5.41 Å². The molecule has 1 saturated carbocycles. The van der Waals surface area contributed by atoms with Gasteiger partial charge in [0.2, 0.25) is 0 Å². The number of para-hydroxylation sites is 2. The van der Waals surface area contributed by atoms with Gasteiger partial charge in [-0.1, -0.05) is 31.4 Å². The van der Waals surface area contributed by atoms with Crippen LogP contribution in [0.1, 0.15) is 44.9 Å². The maximum atomic E-state index is 6.08. The summed E-state index contributed by atoms with van der Waals surface area (Å²) in [6, 6.07) is 8.29. The topological polar surface area (TPSA) is 29.3 Å². The van der Waals surface area contributed by atoms with Crippen LogP contribution >= 0.6 is 0 Å². The highest BCUT2D eigenvalue weighted by atomic mass is 15.1. The number of rotatable bonds is 1. The number of benzene rings is 1. The van der Waals surface area contributed by atoms with Crippen LogP contribution in [0.15, 0.2) is 24.3 Å². The van der Waals surface area contributed by atoms with Crippen LogP contribution < -0.4 is 10.6 Å². The quantitative estimate of drug-likeness (QED) is 0.761. The molecule has 98 valence electrons. The minimum atomic E-state index is 0.679. The number of anilines is 2. The SMILES string of the molecule is Nc1ccccc1N1CCC2(CCCCC2)CC1.